The molecule has 0 aromatic carbocycles. The first kappa shape index (κ1) is 8.40. The van der Waals surface area contributed by atoms with Gasteiger partial charge in [0.15, 0.2) is 0 Å². The highest BCUT2D eigenvalue weighted by atomic mass is 16.3. The molecule has 0 aliphatic heterocycles. The minimum atomic E-state index is -1.03. The van der Waals surface area contributed by atoms with Gasteiger partial charge in [0.2, 0.25) is 11.6 Å². The van der Waals surface area contributed by atoms with Crippen molar-refractivity contribution in [2.45, 2.75) is 32.3 Å². The van der Waals surface area contributed by atoms with E-state index in [1.54, 1.807) is 0 Å². The Balaban J connectivity index is 2.69. The predicted octanol–water partition coefficient (Wildman–Crippen LogP) is 0.306. The summed E-state index contributed by atoms with van der Waals surface area (Å²) in [5.74, 6) is -0.777. The Bertz CT molecular complexity index is 186. The van der Waals surface area contributed by atoms with Crippen molar-refractivity contribution < 1.29 is 14.7 Å². The highest BCUT2D eigenvalue weighted by Crippen LogP contribution is 2.18. The van der Waals surface area contributed by atoms with Gasteiger partial charge in [0.1, 0.15) is 6.10 Å². The lowest BCUT2D eigenvalue weighted by Gasteiger charge is -2.02. The minimum Gasteiger partial charge on any atom is -0.385 e. The Morgan fingerprint density at radius 1 is 1.36 bits per heavy atom. The van der Waals surface area contributed by atoms with Crippen molar-refractivity contribution in [1.82, 2.24) is 0 Å². The molecule has 1 aliphatic rings. The fourth-order valence-electron chi connectivity index (χ4n) is 1.28. The monoisotopic (exact) mass is 156 g/mol. The van der Waals surface area contributed by atoms with Crippen LogP contribution in [0.3, 0.4) is 0 Å². The first-order valence-corrected chi connectivity index (χ1v) is 3.86. The van der Waals surface area contributed by atoms with E-state index in [0.29, 0.717) is 12.8 Å². The minimum absolute atomic E-state index is 0.239. The van der Waals surface area contributed by atoms with Crippen molar-refractivity contribution in [3.05, 3.63) is 0 Å². The van der Waals surface area contributed by atoms with E-state index in [2.05, 4.69) is 0 Å². The standard InChI is InChI=1S/C8H12O3/c1-5-2-3-6(9)8(11)7(10)4-5/h5-6,9H,2-4H2,1H3. The molecule has 3 heteroatoms. The van der Waals surface area contributed by atoms with Crippen LogP contribution in [0.25, 0.3) is 0 Å². The van der Waals surface area contributed by atoms with Crippen LogP contribution < -0.4 is 0 Å². The smallest absolute Gasteiger partial charge is 0.226 e. The van der Waals surface area contributed by atoms with Crippen LogP contribution in [0.5, 0.6) is 0 Å². The summed E-state index contributed by atoms with van der Waals surface area (Å²) in [5.41, 5.74) is 0. The van der Waals surface area contributed by atoms with Gasteiger partial charge in [-0.2, -0.15) is 0 Å². The van der Waals surface area contributed by atoms with Crippen LogP contribution in [0, 0.1) is 5.92 Å². The first-order valence-electron chi connectivity index (χ1n) is 3.86. The average Bonchev–Trinajstić information content (AvgIpc) is 2.05. The molecule has 3 nitrogen and oxygen atoms in total. The van der Waals surface area contributed by atoms with E-state index in [-0.39, 0.29) is 5.92 Å². The lowest BCUT2D eigenvalue weighted by atomic mass is 10.0. The molecule has 1 aliphatic carbocycles. The van der Waals surface area contributed by atoms with Crippen LogP contribution in [0.15, 0.2) is 0 Å². The third kappa shape index (κ3) is 1.87. The molecular formula is C8H12O3. The molecule has 0 amide bonds. The molecule has 0 bridgehead atoms. The maximum absolute atomic E-state index is 10.9. The number of Topliss-reactive ketones (excluding diaryl/α,β-unsaturated/α-hetero) is 2. The number of hydrogen-bond donors (Lipinski definition) is 1. The summed E-state index contributed by atoms with van der Waals surface area (Å²) >= 11 is 0. The Kier molecular flexibility index (Phi) is 2.39. The second-order valence-corrected chi connectivity index (χ2v) is 3.19. The Labute approximate surface area is 65.4 Å². The summed E-state index contributed by atoms with van der Waals surface area (Å²) in [7, 11) is 0. The van der Waals surface area contributed by atoms with Crippen molar-refractivity contribution in [2.24, 2.45) is 5.92 Å². The van der Waals surface area contributed by atoms with Gasteiger partial charge in [-0.1, -0.05) is 6.92 Å². The van der Waals surface area contributed by atoms with Gasteiger partial charge < -0.3 is 5.11 Å². The zero-order chi connectivity index (χ0) is 8.43. The second kappa shape index (κ2) is 3.13. The van der Waals surface area contributed by atoms with Gasteiger partial charge in [-0.3, -0.25) is 9.59 Å². The lowest BCUT2D eigenvalue weighted by Crippen LogP contribution is -2.25. The van der Waals surface area contributed by atoms with Crippen LogP contribution in [0.1, 0.15) is 26.2 Å². The largest absolute Gasteiger partial charge is 0.385 e. The van der Waals surface area contributed by atoms with E-state index in [4.69, 9.17) is 5.11 Å². The van der Waals surface area contributed by atoms with Crippen molar-refractivity contribution >= 4 is 11.6 Å². The summed E-state index contributed by atoms with van der Waals surface area (Å²) < 4.78 is 0. The zero-order valence-corrected chi connectivity index (χ0v) is 6.54. The molecule has 2 unspecified atom stereocenters. The highest BCUT2D eigenvalue weighted by molar-refractivity contribution is 6.38. The number of aliphatic hydroxyl groups is 1. The molecule has 0 heterocycles. The Morgan fingerprint density at radius 2 is 2.00 bits per heavy atom. The fourth-order valence-corrected chi connectivity index (χ4v) is 1.28. The number of rotatable bonds is 0. The Morgan fingerprint density at radius 3 is 2.64 bits per heavy atom. The van der Waals surface area contributed by atoms with Gasteiger partial charge in [0, 0.05) is 6.42 Å². The molecule has 1 N–H and O–H groups in total. The van der Waals surface area contributed by atoms with Gasteiger partial charge in [-0.25, -0.2) is 0 Å². The molecular weight excluding hydrogens is 144 g/mol. The molecule has 62 valence electrons. The molecule has 0 aromatic rings. The van der Waals surface area contributed by atoms with E-state index >= 15 is 0 Å². The number of carbonyl (C=O) groups is 2. The van der Waals surface area contributed by atoms with Gasteiger partial charge in [-0.15, -0.1) is 0 Å². The van der Waals surface area contributed by atoms with Crippen LogP contribution in [-0.4, -0.2) is 22.8 Å². The second-order valence-electron chi connectivity index (χ2n) is 3.19. The first-order chi connectivity index (χ1) is 5.11. The normalized spacial score (nSPS) is 33.6. The maximum atomic E-state index is 10.9. The van der Waals surface area contributed by atoms with Gasteiger partial charge in [-0.05, 0) is 18.8 Å². The maximum Gasteiger partial charge on any atom is 0.226 e. The number of carbonyl (C=O) groups excluding carboxylic acids is 2. The van der Waals surface area contributed by atoms with E-state index in [1.165, 1.54) is 0 Å². The fraction of sp³-hybridized carbons (Fsp3) is 0.750. The summed E-state index contributed by atoms with van der Waals surface area (Å²) in [5, 5.41) is 9.08. The highest BCUT2D eigenvalue weighted by Gasteiger charge is 2.28. The number of hydrogen-bond acceptors (Lipinski definition) is 3. The topological polar surface area (TPSA) is 54.4 Å². The molecule has 0 saturated heterocycles. The molecule has 1 saturated carbocycles. The van der Waals surface area contributed by atoms with Gasteiger partial charge in [0.05, 0.1) is 0 Å². The molecule has 0 aromatic heterocycles. The summed E-state index contributed by atoms with van der Waals surface area (Å²) in [6.45, 7) is 1.92. The van der Waals surface area contributed by atoms with Crippen LogP contribution in [-0.2, 0) is 9.59 Å². The SMILES string of the molecule is CC1CCC(O)C(=O)C(=O)C1. The molecule has 2 atom stereocenters. The summed E-state index contributed by atoms with van der Waals surface area (Å²) in [6, 6.07) is 0. The third-order valence-electron chi connectivity index (χ3n) is 2.04. The quantitative estimate of drug-likeness (QED) is 0.405. The summed E-state index contributed by atoms with van der Waals surface area (Å²) in [6.07, 6.45) is 0.466. The zero-order valence-electron chi connectivity index (χ0n) is 6.54. The molecule has 1 rings (SSSR count). The van der Waals surface area contributed by atoms with Gasteiger partial charge >= 0.3 is 0 Å². The lowest BCUT2D eigenvalue weighted by molar-refractivity contribution is -0.141. The molecule has 0 radical (unpaired) electrons. The van der Waals surface area contributed by atoms with Gasteiger partial charge in [0.25, 0.3) is 0 Å². The van der Waals surface area contributed by atoms with Crippen LogP contribution in [0.4, 0.5) is 0 Å². The van der Waals surface area contributed by atoms with Crippen LogP contribution >= 0.6 is 0 Å². The van der Waals surface area contributed by atoms with E-state index < -0.39 is 17.7 Å². The Hall–Kier alpha value is -0.700. The molecule has 0 spiro atoms. The van der Waals surface area contributed by atoms with Crippen molar-refractivity contribution in [3.63, 3.8) is 0 Å². The number of aliphatic hydroxyl groups excluding tert-OH is 1. The third-order valence-corrected chi connectivity index (χ3v) is 2.04. The molecule has 1 fully saturated rings. The average molecular weight is 156 g/mol. The van der Waals surface area contributed by atoms with Crippen molar-refractivity contribution in [1.29, 1.82) is 0 Å². The van der Waals surface area contributed by atoms with Crippen molar-refractivity contribution in [3.8, 4) is 0 Å². The summed E-state index contributed by atoms with van der Waals surface area (Å²) in [4.78, 5) is 21.8. The number of ketones is 2. The van der Waals surface area contributed by atoms with E-state index in [0.717, 1.165) is 6.42 Å². The van der Waals surface area contributed by atoms with Crippen molar-refractivity contribution in [2.75, 3.05) is 0 Å². The molecule has 11 heavy (non-hydrogen) atoms. The predicted molar refractivity (Wildman–Crippen MR) is 39.0 cm³/mol. The van der Waals surface area contributed by atoms with E-state index in [1.807, 2.05) is 6.92 Å². The van der Waals surface area contributed by atoms with E-state index in [9.17, 15) is 9.59 Å². The van der Waals surface area contributed by atoms with Crippen LogP contribution in [0.2, 0.25) is 0 Å².